The van der Waals surface area contributed by atoms with Gasteiger partial charge in [-0.05, 0) is 18.4 Å². The van der Waals surface area contributed by atoms with Crippen LogP contribution in [0.1, 0.15) is 38.3 Å². The predicted octanol–water partition coefficient (Wildman–Crippen LogP) is 2.67. The summed E-state index contributed by atoms with van der Waals surface area (Å²) in [7, 11) is 1.31. The first-order chi connectivity index (χ1) is 12.9. The van der Waals surface area contributed by atoms with Gasteiger partial charge in [-0.15, -0.1) is 5.10 Å². The number of aromatic nitrogens is 2. The predicted molar refractivity (Wildman–Crippen MR) is 96.7 cm³/mol. The van der Waals surface area contributed by atoms with Crippen LogP contribution in [0.4, 0.5) is 10.8 Å². The highest BCUT2D eigenvalue weighted by Crippen LogP contribution is 2.17. The first-order valence-electron chi connectivity index (χ1n) is 8.55. The maximum Gasteiger partial charge on any atom is 0.408 e. The molecule has 1 heterocycles. The molecule has 2 aromatic rings. The number of carbonyl (C=O) groups excluding carboxylic acids is 2. The Morgan fingerprint density at radius 1 is 1.15 bits per heavy atom. The minimum Gasteiger partial charge on any atom is -0.467 e. The van der Waals surface area contributed by atoms with E-state index in [1.165, 1.54) is 7.11 Å². The Bertz CT molecular complexity index is 747. The Hall–Kier alpha value is -3.10. The Morgan fingerprint density at radius 2 is 1.85 bits per heavy atom. The van der Waals surface area contributed by atoms with E-state index < -0.39 is 24.1 Å². The molecule has 2 N–H and O–H groups in total. The van der Waals surface area contributed by atoms with Crippen LogP contribution in [0.25, 0.3) is 0 Å². The highest BCUT2D eigenvalue weighted by atomic mass is 16.5. The minimum atomic E-state index is -0.623. The van der Waals surface area contributed by atoms with E-state index >= 15 is 0 Å². The van der Waals surface area contributed by atoms with Gasteiger partial charge in [-0.1, -0.05) is 49.3 Å². The maximum absolute atomic E-state index is 11.9. The van der Waals surface area contributed by atoms with E-state index in [0.717, 1.165) is 5.56 Å². The fourth-order valence-electron chi connectivity index (χ4n) is 2.23. The molecule has 1 aromatic heterocycles. The average molecular weight is 376 g/mol. The van der Waals surface area contributed by atoms with Gasteiger partial charge in [0.1, 0.15) is 18.7 Å². The molecule has 1 amide bonds. The number of alkyl carbamates (subject to hydrolysis) is 1. The molecule has 0 spiro atoms. The third-order valence-electron chi connectivity index (χ3n) is 3.76. The minimum absolute atomic E-state index is 0.0451. The lowest BCUT2D eigenvalue weighted by Gasteiger charge is -2.18. The van der Waals surface area contributed by atoms with Gasteiger partial charge in [-0.2, -0.15) is 0 Å². The molecule has 27 heavy (non-hydrogen) atoms. The SMILES string of the molecule is COC(=O)[C@@H](Nc1nnc([C@H](C)NC(=O)OCc2ccccc2)o1)C(C)C. The van der Waals surface area contributed by atoms with Crippen molar-refractivity contribution < 1.29 is 23.5 Å². The normalized spacial score (nSPS) is 12.9. The van der Waals surface area contributed by atoms with Crippen molar-refractivity contribution in [3.63, 3.8) is 0 Å². The van der Waals surface area contributed by atoms with Crippen molar-refractivity contribution in [1.82, 2.24) is 15.5 Å². The van der Waals surface area contributed by atoms with Crippen LogP contribution in [-0.2, 0) is 20.9 Å². The summed E-state index contributed by atoms with van der Waals surface area (Å²) in [6.45, 7) is 5.56. The van der Waals surface area contributed by atoms with E-state index in [1.807, 2.05) is 44.2 Å². The molecule has 2 rings (SSSR count). The fraction of sp³-hybridized carbons (Fsp3) is 0.444. The molecule has 0 fully saturated rings. The van der Waals surface area contributed by atoms with Crippen molar-refractivity contribution in [1.29, 1.82) is 0 Å². The van der Waals surface area contributed by atoms with E-state index in [-0.39, 0.29) is 24.4 Å². The molecule has 2 atom stereocenters. The number of ether oxygens (including phenoxy) is 2. The highest BCUT2D eigenvalue weighted by Gasteiger charge is 2.25. The Morgan fingerprint density at radius 3 is 2.48 bits per heavy atom. The second kappa shape index (κ2) is 9.56. The zero-order valence-corrected chi connectivity index (χ0v) is 15.8. The van der Waals surface area contributed by atoms with E-state index in [2.05, 4.69) is 20.8 Å². The molecule has 0 aliphatic rings. The number of amides is 1. The van der Waals surface area contributed by atoms with E-state index in [0.29, 0.717) is 0 Å². The molecule has 0 saturated carbocycles. The van der Waals surface area contributed by atoms with Crippen molar-refractivity contribution in [2.24, 2.45) is 5.92 Å². The number of nitrogens with one attached hydrogen (secondary N) is 2. The number of hydrogen-bond donors (Lipinski definition) is 2. The molecular formula is C18H24N4O5. The highest BCUT2D eigenvalue weighted by molar-refractivity contribution is 5.78. The van der Waals surface area contributed by atoms with Gasteiger partial charge in [0.25, 0.3) is 0 Å². The summed E-state index contributed by atoms with van der Waals surface area (Å²) in [5.74, 6) is -0.293. The van der Waals surface area contributed by atoms with Crippen LogP contribution < -0.4 is 10.6 Å². The molecule has 0 aliphatic heterocycles. The van der Waals surface area contributed by atoms with Gasteiger partial charge in [-0.25, -0.2) is 9.59 Å². The lowest BCUT2D eigenvalue weighted by Crippen LogP contribution is -2.35. The summed E-state index contributed by atoms with van der Waals surface area (Å²) in [6.07, 6.45) is -0.603. The molecule has 1 aromatic carbocycles. The lowest BCUT2D eigenvalue weighted by molar-refractivity contribution is -0.142. The van der Waals surface area contributed by atoms with Crippen LogP contribution in [0.15, 0.2) is 34.7 Å². The van der Waals surface area contributed by atoms with Gasteiger partial charge < -0.3 is 24.5 Å². The molecule has 146 valence electrons. The monoisotopic (exact) mass is 376 g/mol. The zero-order valence-electron chi connectivity index (χ0n) is 15.8. The first-order valence-corrected chi connectivity index (χ1v) is 8.55. The molecule has 0 radical (unpaired) electrons. The van der Waals surface area contributed by atoms with Crippen LogP contribution in [-0.4, -0.2) is 35.4 Å². The standard InChI is InChI=1S/C18H24N4O5/c1-11(2)14(16(23)25-4)20-17-22-21-15(27-17)12(3)19-18(24)26-10-13-8-6-5-7-9-13/h5-9,11-12,14H,10H2,1-4H3,(H,19,24)(H,20,22)/t12-,14-/m0/s1. The number of anilines is 1. The average Bonchev–Trinajstić information content (AvgIpc) is 3.13. The number of nitrogens with zero attached hydrogens (tertiary/aromatic N) is 2. The summed E-state index contributed by atoms with van der Waals surface area (Å²) in [5.41, 5.74) is 0.882. The third-order valence-corrected chi connectivity index (χ3v) is 3.76. The summed E-state index contributed by atoms with van der Waals surface area (Å²) in [5, 5.41) is 13.2. The zero-order chi connectivity index (χ0) is 19.8. The van der Waals surface area contributed by atoms with Crippen molar-refractivity contribution >= 4 is 18.1 Å². The molecule has 9 nitrogen and oxygen atoms in total. The second-order valence-corrected chi connectivity index (χ2v) is 6.26. The summed E-state index contributed by atoms with van der Waals surface area (Å²) in [6, 6.07) is 8.22. The Kier molecular flexibility index (Phi) is 7.16. The van der Waals surface area contributed by atoms with E-state index in [1.54, 1.807) is 6.92 Å². The number of benzene rings is 1. The second-order valence-electron chi connectivity index (χ2n) is 6.26. The van der Waals surface area contributed by atoms with Crippen LogP contribution in [0, 0.1) is 5.92 Å². The largest absolute Gasteiger partial charge is 0.467 e. The summed E-state index contributed by atoms with van der Waals surface area (Å²) in [4.78, 5) is 23.7. The molecule has 0 bridgehead atoms. The summed E-state index contributed by atoms with van der Waals surface area (Å²) < 4.78 is 15.4. The van der Waals surface area contributed by atoms with Crippen LogP contribution in [0.5, 0.6) is 0 Å². The molecule has 0 unspecified atom stereocenters. The van der Waals surface area contributed by atoms with Crippen LogP contribution in [0.2, 0.25) is 0 Å². The van der Waals surface area contributed by atoms with E-state index in [4.69, 9.17) is 13.9 Å². The van der Waals surface area contributed by atoms with Crippen LogP contribution >= 0.6 is 0 Å². The van der Waals surface area contributed by atoms with Crippen molar-refractivity contribution in [3.05, 3.63) is 41.8 Å². The quantitative estimate of drug-likeness (QED) is 0.676. The van der Waals surface area contributed by atoms with Gasteiger partial charge in [0.15, 0.2) is 0 Å². The van der Waals surface area contributed by atoms with Crippen molar-refractivity contribution in [2.45, 2.75) is 39.5 Å². The Labute approximate surface area is 157 Å². The first kappa shape index (κ1) is 20.2. The topological polar surface area (TPSA) is 116 Å². The lowest BCUT2D eigenvalue weighted by atomic mass is 10.1. The molecular weight excluding hydrogens is 352 g/mol. The summed E-state index contributed by atoms with van der Waals surface area (Å²) >= 11 is 0. The van der Waals surface area contributed by atoms with Gasteiger partial charge in [0.05, 0.1) is 7.11 Å². The van der Waals surface area contributed by atoms with Gasteiger partial charge in [0, 0.05) is 0 Å². The fourth-order valence-corrected chi connectivity index (χ4v) is 2.23. The van der Waals surface area contributed by atoms with Crippen molar-refractivity contribution in [2.75, 3.05) is 12.4 Å². The molecule has 0 aliphatic carbocycles. The number of hydrogen-bond acceptors (Lipinski definition) is 8. The number of carbonyl (C=O) groups is 2. The van der Waals surface area contributed by atoms with Crippen LogP contribution in [0.3, 0.4) is 0 Å². The third kappa shape index (κ3) is 5.98. The number of methoxy groups -OCH3 is 1. The number of rotatable bonds is 8. The van der Waals surface area contributed by atoms with Crippen molar-refractivity contribution in [3.8, 4) is 0 Å². The van der Waals surface area contributed by atoms with Gasteiger partial charge in [-0.3, -0.25) is 0 Å². The number of esters is 1. The van der Waals surface area contributed by atoms with Gasteiger partial charge >= 0.3 is 18.1 Å². The Balaban J connectivity index is 1.89. The molecule has 9 heteroatoms. The van der Waals surface area contributed by atoms with Gasteiger partial charge in [0.2, 0.25) is 5.89 Å². The maximum atomic E-state index is 11.9. The van der Waals surface area contributed by atoms with E-state index in [9.17, 15) is 9.59 Å². The molecule has 0 saturated heterocycles. The smallest absolute Gasteiger partial charge is 0.408 e.